The Balaban J connectivity index is 2.64. The molecule has 0 heterocycles. The zero-order chi connectivity index (χ0) is 12.8. The van der Waals surface area contributed by atoms with Gasteiger partial charge in [0.1, 0.15) is 0 Å². The molecule has 0 saturated carbocycles. The molecule has 3 nitrogen and oxygen atoms in total. The van der Waals surface area contributed by atoms with E-state index in [0.29, 0.717) is 6.42 Å². The Kier molecular flexibility index (Phi) is 6.02. The van der Waals surface area contributed by atoms with Crippen molar-refractivity contribution >= 4 is 39.3 Å². The first-order chi connectivity index (χ1) is 8.06. The average molecular weight is 317 g/mol. The van der Waals surface area contributed by atoms with E-state index in [1.54, 1.807) is 11.8 Å². The molecule has 0 aliphatic heterocycles. The van der Waals surface area contributed by atoms with Gasteiger partial charge in [-0.2, -0.15) is 11.8 Å². The molecule has 0 radical (unpaired) electrons. The van der Waals surface area contributed by atoms with Crippen molar-refractivity contribution in [3.8, 4) is 0 Å². The van der Waals surface area contributed by atoms with Gasteiger partial charge in [0.2, 0.25) is 5.91 Å². The minimum absolute atomic E-state index is 0.125. The van der Waals surface area contributed by atoms with Crippen LogP contribution in [0, 0.1) is 6.92 Å². The Hall–Kier alpha value is -0.520. The maximum atomic E-state index is 11.8. The third-order valence-electron chi connectivity index (χ3n) is 2.50. The molecule has 3 N–H and O–H groups in total. The Morgan fingerprint density at radius 2 is 2.29 bits per heavy atom. The predicted molar refractivity (Wildman–Crippen MR) is 78.5 cm³/mol. The molecule has 0 bridgehead atoms. The molecule has 0 fully saturated rings. The lowest BCUT2D eigenvalue weighted by atomic mass is 10.1. The van der Waals surface area contributed by atoms with Crippen LogP contribution in [0.5, 0.6) is 0 Å². The maximum absolute atomic E-state index is 11.8. The fourth-order valence-corrected chi connectivity index (χ4v) is 2.20. The van der Waals surface area contributed by atoms with Gasteiger partial charge in [0.25, 0.3) is 0 Å². The standard InChI is InChI=1S/C12H17BrN2OS/c1-8-9(13)4-3-5-11(8)15-12(16)10(14)6-7-17-2/h3-5,10H,6-7,14H2,1-2H3,(H,15,16). The molecule has 17 heavy (non-hydrogen) atoms. The summed E-state index contributed by atoms with van der Waals surface area (Å²) in [6.07, 6.45) is 2.70. The molecule has 94 valence electrons. The highest BCUT2D eigenvalue weighted by Crippen LogP contribution is 2.23. The molecular weight excluding hydrogens is 300 g/mol. The third-order valence-corrected chi connectivity index (χ3v) is 4.00. The van der Waals surface area contributed by atoms with Crippen LogP contribution in [0.4, 0.5) is 5.69 Å². The Bertz CT molecular complexity index is 398. The van der Waals surface area contributed by atoms with Crippen LogP contribution >= 0.6 is 27.7 Å². The molecule has 1 aromatic carbocycles. The number of hydrogen-bond donors (Lipinski definition) is 2. The zero-order valence-electron chi connectivity index (χ0n) is 10.00. The number of halogens is 1. The van der Waals surface area contributed by atoms with Crippen molar-refractivity contribution in [3.05, 3.63) is 28.2 Å². The number of amides is 1. The van der Waals surface area contributed by atoms with E-state index in [0.717, 1.165) is 21.5 Å². The first kappa shape index (κ1) is 14.5. The minimum Gasteiger partial charge on any atom is -0.324 e. The van der Waals surface area contributed by atoms with Crippen molar-refractivity contribution in [2.24, 2.45) is 5.73 Å². The van der Waals surface area contributed by atoms with Crippen molar-refractivity contribution in [2.75, 3.05) is 17.3 Å². The summed E-state index contributed by atoms with van der Waals surface area (Å²) >= 11 is 5.12. The highest BCUT2D eigenvalue weighted by Gasteiger charge is 2.14. The van der Waals surface area contributed by atoms with Crippen LogP contribution in [0.25, 0.3) is 0 Å². The lowest BCUT2D eigenvalue weighted by molar-refractivity contribution is -0.117. The number of carbonyl (C=O) groups is 1. The normalized spacial score (nSPS) is 12.2. The van der Waals surface area contributed by atoms with Gasteiger partial charge in [-0.1, -0.05) is 22.0 Å². The van der Waals surface area contributed by atoms with Crippen molar-refractivity contribution < 1.29 is 4.79 Å². The van der Waals surface area contributed by atoms with Gasteiger partial charge in [0.15, 0.2) is 0 Å². The van der Waals surface area contributed by atoms with Gasteiger partial charge in [0.05, 0.1) is 6.04 Å². The summed E-state index contributed by atoms with van der Waals surface area (Å²) in [4.78, 5) is 11.8. The molecule has 0 spiro atoms. The van der Waals surface area contributed by atoms with E-state index in [2.05, 4.69) is 21.2 Å². The molecule has 0 saturated heterocycles. The molecule has 1 rings (SSSR count). The number of hydrogen-bond acceptors (Lipinski definition) is 3. The van der Waals surface area contributed by atoms with Gasteiger partial charge < -0.3 is 11.1 Å². The number of rotatable bonds is 5. The average Bonchev–Trinajstić information content (AvgIpc) is 2.31. The van der Waals surface area contributed by atoms with Crippen molar-refractivity contribution in [1.29, 1.82) is 0 Å². The highest BCUT2D eigenvalue weighted by molar-refractivity contribution is 9.10. The highest BCUT2D eigenvalue weighted by atomic mass is 79.9. The fraction of sp³-hybridized carbons (Fsp3) is 0.417. The molecule has 0 aliphatic rings. The van der Waals surface area contributed by atoms with Crippen LogP contribution in [0.1, 0.15) is 12.0 Å². The van der Waals surface area contributed by atoms with Crippen LogP contribution in [0.3, 0.4) is 0 Å². The van der Waals surface area contributed by atoms with E-state index in [-0.39, 0.29) is 5.91 Å². The maximum Gasteiger partial charge on any atom is 0.241 e. The number of nitrogens with one attached hydrogen (secondary N) is 1. The van der Waals surface area contributed by atoms with Gasteiger partial charge in [-0.3, -0.25) is 4.79 Å². The summed E-state index contributed by atoms with van der Waals surface area (Å²) in [6.45, 7) is 1.95. The molecule has 0 aromatic heterocycles. The van der Waals surface area contributed by atoms with Crippen molar-refractivity contribution in [2.45, 2.75) is 19.4 Å². The largest absolute Gasteiger partial charge is 0.324 e. The second kappa shape index (κ2) is 7.03. The van der Waals surface area contributed by atoms with E-state index in [4.69, 9.17) is 5.73 Å². The minimum atomic E-state index is -0.444. The van der Waals surface area contributed by atoms with Gasteiger partial charge >= 0.3 is 0 Å². The van der Waals surface area contributed by atoms with Gasteiger partial charge in [-0.05, 0) is 43.0 Å². The molecule has 1 atom stereocenters. The van der Waals surface area contributed by atoms with Gasteiger partial charge in [-0.25, -0.2) is 0 Å². The fourth-order valence-electron chi connectivity index (χ4n) is 1.34. The van der Waals surface area contributed by atoms with Gasteiger partial charge in [0, 0.05) is 10.2 Å². The van der Waals surface area contributed by atoms with Crippen LogP contribution in [0.15, 0.2) is 22.7 Å². The van der Waals surface area contributed by atoms with Crippen LogP contribution in [-0.2, 0) is 4.79 Å². The Morgan fingerprint density at radius 3 is 2.94 bits per heavy atom. The SMILES string of the molecule is CSCCC(N)C(=O)Nc1cccc(Br)c1C. The Labute approximate surface area is 115 Å². The van der Waals surface area contributed by atoms with Crippen LogP contribution in [0.2, 0.25) is 0 Å². The zero-order valence-corrected chi connectivity index (χ0v) is 12.4. The predicted octanol–water partition coefficient (Wildman–Crippen LogP) is 2.78. The second-order valence-electron chi connectivity index (χ2n) is 3.79. The first-order valence-corrected chi connectivity index (χ1v) is 7.55. The second-order valence-corrected chi connectivity index (χ2v) is 5.63. The first-order valence-electron chi connectivity index (χ1n) is 5.36. The molecular formula is C12H17BrN2OS. The molecule has 1 amide bonds. The summed E-state index contributed by atoms with van der Waals surface area (Å²) in [7, 11) is 0. The van der Waals surface area contributed by atoms with E-state index in [1.165, 1.54) is 0 Å². The van der Waals surface area contributed by atoms with E-state index >= 15 is 0 Å². The van der Waals surface area contributed by atoms with E-state index in [1.807, 2.05) is 31.4 Å². The number of anilines is 1. The van der Waals surface area contributed by atoms with E-state index in [9.17, 15) is 4.79 Å². The summed E-state index contributed by atoms with van der Waals surface area (Å²) in [5.41, 5.74) is 7.62. The smallest absolute Gasteiger partial charge is 0.241 e. The number of carbonyl (C=O) groups excluding carboxylic acids is 1. The van der Waals surface area contributed by atoms with Crippen LogP contribution < -0.4 is 11.1 Å². The number of thioether (sulfide) groups is 1. The van der Waals surface area contributed by atoms with E-state index < -0.39 is 6.04 Å². The summed E-state index contributed by atoms with van der Waals surface area (Å²) in [6, 6.07) is 5.26. The topological polar surface area (TPSA) is 55.1 Å². The van der Waals surface area contributed by atoms with Gasteiger partial charge in [-0.15, -0.1) is 0 Å². The number of benzene rings is 1. The molecule has 5 heteroatoms. The summed E-state index contributed by atoms with van der Waals surface area (Å²) in [5.74, 6) is 0.770. The summed E-state index contributed by atoms with van der Waals surface area (Å²) < 4.78 is 0.980. The lowest BCUT2D eigenvalue weighted by Crippen LogP contribution is -2.36. The quantitative estimate of drug-likeness (QED) is 0.878. The summed E-state index contributed by atoms with van der Waals surface area (Å²) in [5, 5.41) is 2.86. The van der Waals surface area contributed by atoms with Crippen molar-refractivity contribution in [3.63, 3.8) is 0 Å². The third kappa shape index (κ3) is 4.33. The van der Waals surface area contributed by atoms with Crippen molar-refractivity contribution in [1.82, 2.24) is 0 Å². The lowest BCUT2D eigenvalue weighted by Gasteiger charge is -2.13. The Morgan fingerprint density at radius 1 is 1.59 bits per heavy atom. The number of nitrogens with two attached hydrogens (primary N) is 1. The molecule has 1 unspecified atom stereocenters. The van der Waals surface area contributed by atoms with Crippen LogP contribution in [-0.4, -0.2) is 24.0 Å². The molecule has 1 aromatic rings. The molecule has 0 aliphatic carbocycles. The monoisotopic (exact) mass is 316 g/mol.